The van der Waals surface area contributed by atoms with Crippen LogP contribution < -0.4 is 0 Å². The maximum absolute atomic E-state index is 10.5. The monoisotopic (exact) mass is 280 g/mol. The summed E-state index contributed by atoms with van der Waals surface area (Å²) >= 11 is 5.86. The fourth-order valence-electron chi connectivity index (χ4n) is 0.0778. The maximum atomic E-state index is 10.5. The molecule has 0 heterocycles. The lowest BCUT2D eigenvalue weighted by Gasteiger charge is -2.19. The van der Waals surface area contributed by atoms with Gasteiger partial charge >= 0.3 is 7.60 Å². The highest BCUT2D eigenvalue weighted by Crippen LogP contribution is 2.54. The third kappa shape index (κ3) is 2.68. The van der Waals surface area contributed by atoms with Gasteiger partial charge in [0.2, 0.25) is 0 Å². The van der Waals surface area contributed by atoms with Crippen molar-refractivity contribution >= 4 is 39.5 Å². The largest absolute Gasteiger partial charge is 0.342 e. The van der Waals surface area contributed by atoms with Crippen molar-refractivity contribution < 1.29 is 14.4 Å². The Bertz CT molecular complexity index is 140. The summed E-state index contributed by atoms with van der Waals surface area (Å²) in [7, 11) is -4.00. The molecule has 0 amide bonds. The minimum atomic E-state index is -4.00. The van der Waals surface area contributed by atoms with Crippen LogP contribution in [-0.2, 0) is 4.57 Å². The molecule has 0 aliphatic heterocycles. The molecule has 1 unspecified atom stereocenters. The Kier molecular flexibility index (Phi) is 3.38. The fraction of sp³-hybridized carbons (Fsp3) is 1.00. The van der Waals surface area contributed by atoms with Crippen molar-refractivity contribution in [3.63, 3.8) is 0 Å². The van der Waals surface area contributed by atoms with Crippen LogP contribution in [0.4, 0.5) is 0 Å². The van der Waals surface area contributed by atoms with Crippen molar-refractivity contribution in [3.8, 4) is 0 Å². The molecule has 6 heteroatoms. The zero-order valence-electron chi connectivity index (χ0n) is 4.71. The van der Waals surface area contributed by atoms with Crippen LogP contribution in [0, 0.1) is 0 Å². The Morgan fingerprint density at radius 1 is 1.67 bits per heavy atom. The minimum Gasteiger partial charge on any atom is -0.323 e. The first-order valence-electron chi connectivity index (χ1n) is 2.12. The normalized spacial score (nSPS) is 19.2. The second-order valence-electron chi connectivity index (χ2n) is 1.82. The molecule has 0 rings (SSSR count). The molecule has 0 bridgehead atoms. The molecule has 56 valence electrons. The number of hydrogen-bond donors (Lipinski definition) is 2. The fourth-order valence-corrected chi connectivity index (χ4v) is 1.21. The number of rotatable bonds is 2. The van der Waals surface area contributed by atoms with Crippen molar-refractivity contribution in [1.29, 1.82) is 0 Å². The summed E-state index contributed by atoms with van der Waals surface area (Å²) in [5.41, 5.74) is 0. The zero-order valence-corrected chi connectivity index (χ0v) is 8.78. The van der Waals surface area contributed by atoms with Gasteiger partial charge in [-0.25, -0.2) is 0 Å². The van der Waals surface area contributed by atoms with Crippen molar-refractivity contribution in [2.45, 2.75) is 11.0 Å². The first-order valence-corrected chi connectivity index (χ1v) is 5.64. The standard InChI is InChI=1S/C3H7Br2O3P/c1-3(5,2-4)9(6,7)8/h2H2,1H3,(H2,6,7,8). The third-order valence-corrected chi connectivity index (χ3v) is 6.20. The molecule has 0 aliphatic carbocycles. The SMILES string of the molecule is CC(Br)(CBr)P(=O)(O)O. The molecule has 3 nitrogen and oxygen atoms in total. The van der Waals surface area contributed by atoms with Crippen molar-refractivity contribution in [2.75, 3.05) is 5.33 Å². The Morgan fingerprint density at radius 2 is 2.00 bits per heavy atom. The van der Waals surface area contributed by atoms with Crippen LogP contribution in [0.3, 0.4) is 0 Å². The van der Waals surface area contributed by atoms with Crippen LogP contribution in [0.2, 0.25) is 0 Å². The van der Waals surface area contributed by atoms with Gasteiger partial charge in [-0.05, 0) is 6.92 Å². The Balaban J connectivity index is 4.34. The van der Waals surface area contributed by atoms with E-state index in [0.717, 1.165) is 0 Å². The van der Waals surface area contributed by atoms with Gasteiger partial charge in [-0.1, -0.05) is 31.9 Å². The number of hydrogen-bond acceptors (Lipinski definition) is 1. The number of halogens is 2. The zero-order chi connectivity index (χ0) is 7.71. The molecule has 0 aliphatic rings. The van der Waals surface area contributed by atoms with Gasteiger partial charge in [0.1, 0.15) is 4.07 Å². The Labute approximate surface area is 70.3 Å². The maximum Gasteiger partial charge on any atom is 0.342 e. The summed E-state index contributed by atoms with van der Waals surface area (Å²) in [6, 6.07) is 0. The summed E-state index contributed by atoms with van der Waals surface area (Å²) in [5.74, 6) is 0. The van der Waals surface area contributed by atoms with Crippen molar-refractivity contribution in [2.24, 2.45) is 0 Å². The van der Waals surface area contributed by atoms with Crippen LogP contribution in [0.25, 0.3) is 0 Å². The van der Waals surface area contributed by atoms with E-state index in [1.54, 1.807) is 0 Å². The van der Waals surface area contributed by atoms with Gasteiger partial charge in [0.25, 0.3) is 0 Å². The molecule has 0 saturated heterocycles. The van der Waals surface area contributed by atoms with Gasteiger partial charge in [0.05, 0.1) is 0 Å². The van der Waals surface area contributed by atoms with Crippen LogP contribution in [0.5, 0.6) is 0 Å². The molecule has 0 aromatic heterocycles. The lowest BCUT2D eigenvalue weighted by Crippen LogP contribution is -2.16. The van der Waals surface area contributed by atoms with E-state index in [-0.39, 0.29) is 5.33 Å². The van der Waals surface area contributed by atoms with Gasteiger partial charge in [0, 0.05) is 5.33 Å². The molecule has 9 heavy (non-hydrogen) atoms. The smallest absolute Gasteiger partial charge is 0.323 e. The van der Waals surface area contributed by atoms with E-state index < -0.39 is 11.7 Å². The van der Waals surface area contributed by atoms with Gasteiger partial charge in [0.15, 0.2) is 0 Å². The molecule has 0 saturated carbocycles. The minimum absolute atomic E-state index is 0.226. The summed E-state index contributed by atoms with van der Waals surface area (Å²) in [4.78, 5) is 17.2. The predicted octanol–water partition coefficient (Wildman–Crippen LogP) is 1.67. The molecule has 2 N–H and O–H groups in total. The molecule has 0 fully saturated rings. The van der Waals surface area contributed by atoms with Gasteiger partial charge in [-0.2, -0.15) is 0 Å². The quantitative estimate of drug-likeness (QED) is 0.598. The molecule has 0 aromatic carbocycles. The summed E-state index contributed by atoms with van der Waals surface area (Å²) in [5, 5.41) is 0.226. The van der Waals surface area contributed by atoms with E-state index in [9.17, 15) is 4.57 Å². The molecule has 0 spiro atoms. The third-order valence-electron chi connectivity index (χ3n) is 0.851. The molecule has 0 radical (unpaired) electrons. The molecular weight excluding hydrogens is 275 g/mol. The van der Waals surface area contributed by atoms with E-state index in [4.69, 9.17) is 9.79 Å². The summed E-state index contributed by atoms with van der Waals surface area (Å²) in [6.45, 7) is 1.43. The van der Waals surface area contributed by atoms with E-state index in [1.165, 1.54) is 6.92 Å². The van der Waals surface area contributed by atoms with E-state index in [1.807, 2.05) is 0 Å². The average molecular weight is 282 g/mol. The highest BCUT2D eigenvalue weighted by Gasteiger charge is 2.38. The van der Waals surface area contributed by atoms with Crippen LogP contribution in [-0.4, -0.2) is 19.2 Å². The lowest BCUT2D eigenvalue weighted by molar-refractivity contribution is 0.360. The lowest BCUT2D eigenvalue weighted by atomic mass is 10.6. The predicted molar refractivity (Wildman–Crippen MR) is 43.2 cm³/mol. The average Bonchev–Trinajstić information content (AvgIpc) is 1.64. The first-order chi connectivity index (χ1) is 3.81. The topological polar surface area (TPSA) is 57.5 Å². The molecular formula is C3H7Br2O3P. The van der Waals surface area contributed by atoms with Gasteiger partial charge < -0.3 is 9.79 Å². The second kappa shape index (κ2) is 3.01. The highest BCUT2D eigenvalue weighted by molar-refractivity contribution is 9.13. The van der Waals surface area contributed by atoms with Gasteiger partial charge in [-0.3, -0.25) is 4.57 Å². The molecule has 0 aromatic rings. The van der Waals surface area contributed by atoms with Crippen LogP contribution in [0.15, 0.2) is 0 Å². The van der Waals surface area contributed by atoms with E-state index in [0.29, 0.717) is 0 Å². The number of alkyl halides is 2. The Hall–Kier alpha value is 1.11. The second-order valence-corrected chi connectivity index (χ2v) is 6.82. The van der Waals surface area contributed by atoms with Crippen molar-refractivity contribution in [3.05, 3.63) is 0 Å². The van der Waals surface area contributed by atoms with Crippen LogP contribution >= 0.6 is 39.5 Å². The van der Waals surface area contributed by atoms with Crippen LogP contribution in [0.1, 0.15) is 6.92 Å². The highest BCUT2D eigenvalue weighted by atomic mass is 79.9. The Morgan fingerprint density at radius 3 is 2.00 bits per heavy atom. The van der Waals surface area contributed by atoms with Gasteiger partial charge in [-0.15, -0.1) is 0 Å². The van der Waals surface area contributed by atoms with E-state index >= 15 is 0 Å². The first kappa shape index (κ1) is 10.1. The van der Waals surface area contributed by atoms with E-state index in [2.05, 4.69) is 31.9 Å². The molecule has 1 atom stereocenters. The summed E-state index contributed by atoms with van der Waals surface area (Å²) in [6.07, 6.45) is 0. The van der Waals surface area contributed by atoms with Crippen molar-refractivity contribution in [1.82, 2.24) is 0 Å². The summed E-state index contributed by atoms with van der Waals surface area (Å²) < 4.78 is 9.38.